The zero-order chi connectivity index (χ0) is 21.7. The number of nitro benzene ring substituents is 1. The number of nitro groups is 1. The Balaban J connectivity index is 1.66. The quantitative estimate of drug-likeness (QED) is 0.300. The van der Waals surface area contributed by atoms with E-state index in [1.165, 1.54) is 24.3 Å². The van der Waals surface area contributed by atoms with Gasteiger partial charge in [0.1, 0.15) is 5.75 Å². The first-order valence-corrected chi connectivity index (χ1v) is 9.35. The van der Waals surface area contributed by atoms with Crippen LogP contribution in [0.4, 0.5) is 5.69 Å². The van der Waals surface area contributed by atoms with E-state index in [0.717, 1.165) is 0 Å². The summed E-state index contributed by atoms with van der Waals surface area (Å²) in [4.78, 5) is 22.7. The van der Waals surface area contributed by atoms with Gasteiger partial charge in [0, 0.05) is 17.7 Å². The topological polar surface area (TPSA) is 118 Å². The van der Waals surface area contributed by atoms with Gasteiger partial charge in [0.15, 0.2) is 6.10 Å². The molecule has 156 valence electrons. The van der Waals surface area contributed by atoms with Crippen molar-refractivity contribution in [2.45, 2.75) is 26.9 Å². The highest BCUT2D eigenvalue weighted by Gasteiger charge is 2.20. The molecule has 0 aliphatic heterocycles. The van der Waals surface area contributed by atoms with Gasteiger partial charge in [-0.3, -0.25) is 10.1 Å². The first-order chi connectivity index (χ1) is 14.3. The van der Waals surface area contributed by atoms with Crippen molar-refractivity contribution in [2.24, 2.45) is 5.92 Å². The van der Waals surface area contributed by atoms with Crippen molar-refractivity contribution in [3.63, 3.8) is 0 Å². The second-order valence-corrected chi connectivity index (χ2v) is 7.03. The highest BCUT2D eigenvalue weighted by Crippen LogP contribution is 2.25. The molecule has 0 bridgehead atoms. The van der Waals surface area contributed by atoms with Crippen molar-refractivity contribution in [1.82, 2.24) is 10.2 Å². The van der Waals surface area contributed by atoms with Crippen molar-refractivity contribution < 1.29 is 23.6 Å². The van der Waals surface area contributed by atoms with Crippen molar-refractivity contribution >= 4 is 11.7 Å². The average molecular weight is 411 g/mol. The minimum Gasteiger partial charge on any atom is -0.493 e. The maximum atomic E-state index is 12.5. The molecular formula is C21H21N3O6. The summed E-state index contributed by atoms with van der Waals surface area (Å²) in [6, 6.07) is 12.5. The van der Waals surface area contributed by atoms with Crippen LogP contribution in [-0.4, -0.2) is 27.7 Å². The van der Waals surface area contributed by atoms with E-state index in [1.807, 2.05) is 13.8 Å². The summed E-state index contributed by atoms with van der Waals surface area (Å²) in [6.07, 6.45) is -0.781. The number of non-ortho nitro benzene ring substituents is 1. The molecule has 0 saturated carbocycles. The summed E-state index contributed by atoms with van der Waals surface area (Å²) in [5.74, 6) is 0.690. The van der Waals surface area contributed by atoms with Crippen LogP contribution in [0.25, 0.3) is 11.5 Å². The van der Waals surface area contributed by atoms with Crippen LogP contribution in [0.1, 0.15) is 43.1 Å². The van der Waals surface area contributed by atoms with Crippen LogP contribution in [-0.2, 0) is 4.74 Å². The third kappa shape index (κ3) is 5.19. The molecular weight excluding hydrogens is 390 g/mol. The Labute approximate surface area is 172 Å². The Morgan fingerprint density at radius 1 is 1.13 bits per heavy atom. The highest BCUT2D eigenvalue weighted by molar-refractivity contribution is 5.90. The van der Waals surface area contributed by atoms with Gasteiger partial charge in [-0.2, -0.15) is 0 Å². The molecule has 0 N–H and O–H groups in total. The van der Waals surface area contributed by atoms with Crippen molar-refractivity contribution in [3.05, 3.63) is 70.1 Å². The van der Waals surface area contributed by atoms with E-state index in [2.05, 4.69) is 10.2 Å². The normalized spacial score (nSPS) is 11.9. The minimum absolute atomic E-state index is 0.0413. The second kappa shape index (κ2) is 9.17. The summed E-state index contributed by atoms with van der Waals surface area (Å²) in [5.41, 5.74) is 0.825. The van der Waals surface area contributed by atoms with Gasteiger partial charge in [-0.05, 0) is 43.2 Å². The van der Waals surface area contributed by atoms with E-state index < -0.39 is 17.0 Å². The lowest BCUT2D eigenvalue weighted by Crippen LogP contribution is -2.10. The number of rotatable bonds is 8. The summed E-state index contributed by atoms with van der Waals surface area (Å²) < 4.78 is 16.6. The van der Waals surface area contributed by atoms with Gasteiger partial charge in [0.25, 0.3) is 11.6 Å². The largest absolute Gasteiger partial charge is 0.493 e. The number of carbonyl (C=O) groups excluding carboxylic acids is 1. The average Bonchev–Trinajstić information content (AvgIpc) is 3.23. The van der Waals surface area contributed by atoms with Gasteiger partial charge >= 0.3 is 5.97 Å². The van der Waals surface area contributed by atoms with Gasteiger partial charge in [-0.15, -0.1) is 10.2 Å². The van der Waals surface area contributed by atoms with Crippen LogP contribution in [0.5, 0.6) is 5.75 Å². The Morgan fingerprint density at radius 2 is 1.87 bits per heavy atom. The van der Waals surface area contributed by atoms with E-state index in [-0.39, 0.29) is 17.5 Å². The van der Waals surface area contributed by atoms with E-state index in [0.29, 0.717) is 29.4 Å². The molecule has 0 aliphatic carbocycles. The fourth-order valence-corrected chi connectivity index (χ4v) is 2.50. The Kier molecular flexibility index (Phi) is 6.41. The van der Waals surface area contributed by atoms with Crippen molar-refractivity contribution in [3.8, 4) is 17.2 Å². The lowest BCUT2D eigenvalue weighted by atomic mass is 10.2. The molecule has 30 heavy (non-hydrogen) atoms. The number of esters is 1. The van der Waals surface area contributed by atoms with Gasteiger partial charge in [0.05, 0.1) is 17.1 Å². The van der Waals surface area contributed by atoms with Crippen LogP contribution < -0.4 is 4.74 Å². The Morgan fingerprint density at radius 3 is 2.53 bits per heavy atom. The van der Waals surface area contributed by atoms with Crippen LogP contribution in [0.2, 0.25) is 0 Å². The molecule has 0 spiro atoms. The Bertz CT molecular complexity index is 1030. The molecule has 9 heteroatoms. The smallest absolute Gasteiger partial charge is 0.339 e. The molecule has 0 saturated heterocycles. The monoisotopic (exact) mass is 411 g/mol. The predicted molar refractivity (Wildman–Crippen MR) is 107 cm³/mol. The molecule has 0 unspecified atom stereocenters. The molecule has 1 heterocycles. The van der Waals surface area contributed by atoms with E-state index in [4.69, 9.17) is 13.9 Å². The maximum Gasteiger partial charge on any atom is 0.339 e. The van der Waals surface area contributed by atoms with Crippen LogP contribution in [0.15, 0.2) is 52.9 Å². The SMILES string of the molecule is CC(C)COc1cccc(C(=O)O[C@@H](C)c2nnc(-c3ccc([N+](=O)[O-])cc3)o2)c1. The number of nitrogens with zero attached hydrogens (tertiary/aromatic N) is 3. The number of hydrogen-bond donors (Lipinski definition) is 0. The molecule has 3 aromatic rings. The zero-order valence-electron chi connectivity index (χ0n) is 16.8. The molecule has 0 fully saturated rings. The van der Waals surface area contributed by atoms with E-state index in [1.54, 1.807) is 31.2 Å². The fraction of sp³-hybridized carbons (Fsp3) is 0.286. The predicted octanol–water partition coefficient (Wildman–Crippen LogP) is 4.60. The van der Waals surface area contributed by atoms with Gasteiger partial charge < -0.3 is 13.9 Å². The number of carbonyl (C=O) groups is 1. The van der Waals surface area contributed by atoms with E-state index in [9.17, 15) is 14.9 Å². The molecule has 2 aromatic carbocycles. The standard InChI is InChI=1S/C21H21N3O6/c1-13(2)12-28-18-6-4-5-16(11-18)21(25)29-14(3)19-22-23-20(30-19)15-7-9-17(10-8-15)24(26)27/h4-11,13-14H,12H2,1-3H3/t14-/m0/s1. The summed E-state index contributed by atoms with van der Waals surface area (Å²) >= 11 is 0. The van der Waals surface area contributed by atoms with Gasteiger partial charge in [0.2, 0.25) is 5.89 Å². The van der Waals surface area contributed by atoms with Crippen LogP contribution in [0, 0.1) is 16.0 Å². The third-order valence-electron chi connectivity index (χ3n) is 4.05. The second-order valence-electron chi connectivity index (χ2n) is 7.03. The number of ether oxygens (including phenoxy) is 2. The zero-order valence-corrected chi connectivity index (χ0v) is 16.8. The lowest BCUT2D eigenvalue weighted by molar-refractivity contribution is -0.384. The van der Waals surface area contributed by atoms with Crippen molar-refractivity contribution in [2.75, 3.05) is 6.61 Å². The molecule has 1 atom stereocenters. The van der Waals surface area contributed by atoms with E-state index >= 15 is 0 Å². The first-order valence-electron chi connectivity index (χ1n) is 9.35. The van der Waals surface area contributed by atoms with Gasteiger partial charge in [-0.25, -0.2) is 4.79 Å². The number of aromatic nitrogens is 2. The maximum absolute atomic E-state index is 12.5. The summed E-state index contributed by atoms with van der Waals surface area (Å²) in [5, 5.41) is 18.6. The third-order valence-corrected chi connectivity index (χ3v) is 4.05. The molecule has 0 amide bonds. The molecule has 0 aliphatic rings. The summed E-state index contributed by atoms with van der Waals surface area (Å²) in [7, 11) is 0. The van der Waals surface area contributed by atoms with Gasteiger partial charge in [-0.1, -0.05) is 19.9 Å². The molecule has 1 aromatic heterocycles. The lowest BCUT2D eigenvalue weighted by Gasteiger charge is -2.11. The minimum atomic E-state index is -0.781. The molecule has 3 rings (SSSR count). The van der Waals surface area contributed by atoms with Crippen LogP contribution >= 0.6 is 0 Å². The van der Waals surface area contributed by atoms with Crippen molar-refractivity contribution in [1.29, 1.82) is 0 Å². The Hall–Kier alpha value is -3.75. The first kappa shape index (κ1) is 21.0. The fourth-order valence-electron chi connectivity index (χ4n) is 2.50. The summed E-state index contributed by atoms with van der Waals surface area (Å²) in [6.45, 7) is 6.23. The van der Waals surface area contributed by atoms with Crippen LogP contribution in [0.3, 0.4) is 0 Å². The number of hydrogen-bond acceptors (Lipinski definition) is 8. The molecule has 9 nitrogen and oxygen atoms in total. The number of benzene rings is 2. The highest BCUT2D eigenvalue weighted by atomic mass is 16.6. The molecule has 0 radical (unpaired) electrons.